The first kappa shape index (κ1) is 17.7. The third kappa shape index (κ3) is 4.33. The summed E-state index contributed by atoms with van der Waals surface area (Å²) in [6.07, 6.45) is 10.5. The average molecular weight is 359 g/mol. The second-order valence-corrected chi connectivity index (χ2v) is 6.51. The normalized spacial score (nSPS) is 11.3. The van der Waals surface area contributed by atoms with Gasteiger partial charge in [0, 0.05) is 11.8 Å². The highest BCUT2D eigenvalue weighted by atomic mass is 14.7. The number of rotatable bonds is 5. The predicted molar refractivity (Wildman–Crippen MR) is 120 cm³/mol. The van der Waals surface area contributed by atoms with Gasteiger partial charge >= 0.3 is 0 Å². The van der Waals surface area contributed by atoms with E-state index < -0.39 is 0 Å². The molecule has 0 bridgehead atoms. The van der Waals surface area contributed by atoms with Crippen LogP contribution in [0.3, 0.4) is 0 Å². The van der Waals surface area contributed by atoms with Gasteiger partial charge in [0.15, 0.2) is 0 Å². The van der Waals surface area contributed by atoms with Gasteiger partial charge in [-0.15, -0.1) is 0 Å². The van der Waals surface area contributed by atoms with Crippen molar-refractivity contribution in [2.45, 2.75) is 0 Å². The zero-order chi connectivity index (χ0) is 19.0. The maximum atomic E-state index is 4.61. The molecule has 1 heterocycles. The zero-order valence-electron chi connectivity index (χ0n) is 15.6. The Kier molecular flexibility index (Phi) is 5.55. The van der Waals surface area contributed by atoms with Crippen LogP contribution in [0.2, 0.25) is 0 Å². The van der Waals surface area contributed by atoms with Gasteiger partial charge in [-0.3, -0.25) is 4.98 Å². The van der Waals surface area contributed by atoms with E-state index in [1.165, 1.54) is 11.1 Å². The van der Waals surface area contributed by atoms with Crippen molar-refractivity contribution in [3.05, 3.63) is 126 Å². The summed E-state index contributed by atoms with van der Waals surface area (Å²) >= 11 is 0. The van der Waals surface area contributed by atoms with E-state index in [-0.39, 0.29) is 0 Å². The maximum Gasteiger partial charge on any atom is 0.0714 e. The monoisotopic (exact) mass is 359 g/mol. The lowest BCUT2D eigenvalue weighted by molar-refractivity contribution is 1.32. The Labute approximate surface area is 166 Å². The van der Waals surface area contributed by atoms with Crippen LogP contribution in [0.4, 0.5) is 0 Å². The number of nitrogens with zero attached hydrogens (tertiary/aromatic N) is 1. The van der Waals surface area contributed by atoms with Crippen molar-refractivity contribution in [2.24, 2.45) is 0 Å². The molecule has 0 aliphatic carbocycles. The van der Waals surface area contributed by atoms with Crippen LogP contribution in [0.5, 0.6) is 0 Å². The van der Waals surface area contributed by atoms with Crippen molar-refractivity contribution in [3.63, 3.8) is 0 Å². The number of hydrogen-bond acceptors (Lipinski definition) is 1. The molecule has 0 unspecified atom stereocenters. The van der Waals surface area contributed by atoms with Gasteiger partial charge < -0.3 is 0 Å². The number of pyridine rings is 1. The fourth-order valence-electron chi connectivity index (χ4n) is 3.17. The Bertz CT molecular complexity index is 1010. The van der Waals surface area contributed by atoms with Crippen molar-refractivity contribution in [1.29, 1.82) is 0 Å². The molecule has 0 spiro atoms. The van der Waals surface area contributed by atoms with Gasteiger partial charge in [0.25, 0.3) is 0 Å². The third-order valence-electron chi connectivity index (χ3n) is 4.56. The van der Waals surface area contributed by atoms with Gasteiger partial charge in [0.2, 0.25) is 0 Å². The van der Waals surface area contributed by atoms with Gasteiger partial charge in [-0.05, 0) is 34.4 Å². The van der Waals surface area contributed by atoms with E-state index in [1.807, 2.05) is 30.5 Å². The summed E-state index contributed by atoms with van der Waals surface area (Å²) in [5, 5.41) is 0. The molecule has 1 nitrogen and oxygen atoms in total. The molecule has 1 heteroatoms. The molecule has 3 aromatic carbocycles. The molecule has 134 valence electrons. The van der Waals surface area contributed by atoms with Crippen molar-refractivity contribution < 1.29 is 0 Å². The summed E-state index contributed by atoms with van der Waals surface area (Å²) in [4.78, 5) is 4.61. The predicted octanol–water partition coefficient (Wildman–Crippen LogP) is 7.09. The minimum atomic E-state index is 0.975. The standard InChI is InChI=1S/C27H21N/c1-3-10-22(11-4-1)17-19-24-14-9-15-25(20-18-23-12-5-2-6-13-23)27(24)26-16-7-8-21-28-26/h1-21H. The SMILES string of the molecule is C(=Cc1cccc(C=Cc2ccccc2)c1-c1ccccn1)c1ccccc1. The fraction of sp³-hybridized carbons (Fsp3) is 0. The van der Waals surface area contributed by atoms with Gasteiger partial charge in [-0.1, -0.05) is 109 Å². The lowest BCUT2D eigenvalue weighted by atomic mass is 9.96. The highest BCUT2D eigenvalue weighted by molar-refractivity contribution is 5.87. The second-order valence-electron chi connectivity index (χ2n) is 6.51. The maximum absolute atomic E-state index is 4.61. The molecule has 0 radical (unpaired) electrons. The Morgan fingerprint density at radius 3 is 1.50 bits per heavy atom. The summed E-state index contributed by atoms with van der Waals surface area (Å²) in [5.74, 6) is 0. The molecule has 4 aromatic rings. The van der Waals surface area contributed by atoms with Crippen LogP contribution in [0.15, 0.2) is 103 Å². The molecule has 4 rings (SSSR count). The molecule has 0 saturated heterocycles. The van der Waals surface area contributed by atoms with E-state index in [4.69, 9.17) is 0 Å². The van der Waals surface area contributed by atoms with Crippen LogP contribution in [0.1, 0.15) is 22.3 Å². The van der Waals surface area contributed by atoms with E-state index in [0.717, 1.165) is 22.4 Å². The quantitative estimate of drug-likeness (QED) is 0.347. The highest BCUT2D eigenvalue weighted by Crippen LogP contribution is 2.29. The van der Waals surface area contributed by atoms with Crippen molar-refractivity contribution in [3.8, 4) is 11.3 Å². The van der Waals surface area contributed by atoms with Crippen molar-refractivity contribution in [2.75, 3.05) is 0 Å². The molecule has 0 fully saturated rings. The zero-order valence-corrected chi connectivity index (χ0v) is 15.6. The third-order valence-corrected chi connectivity index (χ3v) is 4.56. The molecule has 0 amide bonds. The minimum Gasteiger partial charge on any atom is -0.256 e. The summed E-state index contributed by atoms with van der Waals surface area (Å²) < 4.78 is 0. The molecule has 0 aliphatic rings. The van der Waals surface area contributed by atoms with Crippen LogP contribution in [-0.2, 0) is 0 Å². The largest absolute Gasteiger partial charge is 0.256 e. The second kappa shape index (κ2) is 8.79. The number of hydrogen-bond donors (Lipinski definition) is 0. The summed E-state index contributed by atoms with van der Waals surface area (Å²) in [6, 6.07) is 33.1. The van der Waals surface area contributed by atoms with Crippen molar-refractivity contribution >= 4 is 24.3 Å². The van der Waals surface area contributed by atoms with Gasteiger partial charge in [-0.25, -0.2) is 0 Å². The molecule has 0 N–H and O–H groups in total. The Balaban J connectivity index is 1.78. The first-order chi connectivity index (χ1) is 13.9. The van der Waals surface area contributed by atoms with Gasteiger partial charge in [0.1, 0.15) is 0 Å². The Morgan fingerprint density at radius 1 is 0.464 bits per heavy atom. The van der Waals surface area contributed by atoms with E-state index in [0.29, 0.717) is 0 Å². The number of benzene rings is 3. The molecular weight excluding hydrogens is 338 g/mol. The van der Waals surface area contributed by atoms with Crippen LogP contribution >= 0.6 is 0 Å². The summed E-state index contributed by atoms with van der Waals surface area (Å²) in [7, 11) is 0. The van der Waals surface area contributed by atoms with Crippen molar-refractivity contribution in [1.82, 2.24) is 4.98 Å². The van der Waals surface area contributed by atoms with Crippen LogP contribution < -0.4 is 0 Å². The van der Waals surface area contributed by atoms with Crippen LogP contribution in [0, 0.1) is 0 Å². The summed E-state index contributed by atoms with van der Waals surface area (Å²) in [5.41, 5.74) is 6.78. The smallest absolute Gasteiger partial charge is 0.0714 e. The summed E-state index contributed by atoms with van der Waals surface area (Å²) in [6.45, 7) is 0. The molecular formula is C27H21N. The van der Waals surface area contributed by atoms with E-state index in [2.05, 4.69) is 102 Å². The molecule has 0 saturated carbocycles. The van der Waals surface area contributed by atoms with Gasteiger partial charge in [-0.2, -0.15) is 0 Å². The molecule has 28 heavy (non-hydrogen) atoms. The fourth-order valence-corrected chi connectivity index (χ4v) is 3.17. The first-order valence-electron chi connectivity index (χ1n) is 9.41. The van der Waals surface area contributed by atoms with Crippen LogP contribution in [0.25, 0.3) is 35.6 Å². The Morgan fingerprint density at radius 2 is 1.00 bits per heavy atom. The van der Waals surface area contributed by atoms with Gasteiger partial charge in [0.05, 0.1) is 5.69 Å². The lowest BCUT2D eigenvalue weighted by Crippen LogP contribution is -1.90. The topological polar surface area (TPSA) is 12.9 Å². The molecule has 0 atom stereocenters. The van der Waals surface area contributed by atoms with E-state index >= 15 is 0 Å². The van der Waals surface area contributed by atoms with Crippen LogP contribution in [-0.4, -0.2) is 4.98 Å². The van der Waals surface area contributed by atoms with E-state index in [9.17, 15) is 0 Å². The molecule has 1 aromatic heterocycles. The highest BCUT2D eigenvalue weighted by Gasteiger charge is 2.08. The average Bonchev–Trinajstić information content (AvgIpc) is 2.78. The van der Waals surface area contributed by atoms with E-state index in [1.54, 1.807) is 0 Å². The Hall–Kier alpha value is -3.71. The minimum absolute atomic E-state index is 0.975. The first-order valence-corrected chi connectivity index (χ1v) is 9.41. The molecule has 0 aliphatic heterocycles. The number of aromatic nitrogens is 1. The lowest BCUT2D eigenvalue weighted by Gasteiger charge is -2.10.